The molecule has 2 aromatic heterocycles. The molecular formula is C11H8N2+. The van der Waals surface area contributed by atoms with Crippen LogP contribution in [0.5, 0.6) is 0 Å². The van der Waals surface area contributed by atoms with Crippen LogP contribution in [0.1, 0.15) is 11.3 Å². The lowest BCUT2D eigenvalue weighted by molar-refractivity contribution is 1.17. The predicted octanol–water partition coefficient (Wildman–Crippen LogP) is 1.68. The van der Waals surface area contributed by atoms with Gasteiger partial charge in [-0.15, -0.1) is 0 Å². The van der Waals surface area contributed by atoms with Crippen molar-refractivity contribution in [1.29, 1.82) is 0 Å². The fraction of sp³-hybridized carbons (Fsp3) is 0. The molecule has 3 rings (SSSR count). The Labute approximate surface area is 75.8 Å². The Morgan fingerprint density at radius 3 is 3.23 bits per heavy atom. The number of pyridine rings is 1. The van der Waals surface area contributed by atoms with Gasteiger partial charge in [-0.25, -0.2) is 0 Å². The Balaban J connectivity index is 2.49. The first kappa shape index (κ1) is 6.66. The van der Waals surface area contributed by atoms with E-state index in [1.54, 1.807) is 0 Å². The van der Waals surface area contributed by atoms with Gasteiger partial charge in [-0.05, 0) is 18.2 Å². The topological polar surface area (TPSA) is 18.5 Å². The Kier molecular flexibility index (Phi) is 1.19. The zero-order chi connectivity index (χ0) is 8.67. The second kappa shape index (κ2) is 2.33. The Morgan fingerprint density at radius 2 is 2.23 bits per heavy atom. The Morgan fingerprint density at radius 1 is 1.23 bits per heavy atom. The summed E-state index contributed by atoms with van der Waals surface area (Å²) in [6.07, 6.45) is 7.81. The van der Waals surface area contributed by atoms with E-state index in [0.717, 1.165) is 0 Å². The molecule has 0 aliphatic carbocycles. The number of aliphatic imine (C=N–C) groups is 1. The standard InChI is InChI=1S/C11H8N2/c1-2-6-13-10(3-1)7-9-8-12-5-4-11(9)13/h1-8H/q+1. The number of rotatable bonds is 0. The highest BCUT2D eigenvalue weighted by Gasteiger charge is 2.12. The van der Waals surface area contributed by atoms with Crippen LogP contribution in [0.4, 0.5) is 0 Å². The van der Waals surface area contributed by atoms with Crippen molar-refractivity contribution in [2.75, 3.05) is 0 Å². The van der Waals surface area contributed by atoms with E-state index in [4.69, 9.17) is 0 Å². The van der Waals surface area contributed by atoms with Crippen molar-refractivity contribution in [1.82, 2.24) is 9.39 Å². The summed E-state index contributed by atoms with van der Waals surface area (Å²) < 4.78 is 2.16. The third kappa shape index (κ3) is 0.855. The van der Waals surface area contributed by atoms with Gasteiger partial charge in [0, 0.05) is 17.8 Å². The van der Waals surface area contributed by atoms with Gasteiger partial charge in [0.25, 0.3) is 6.21 Å². The van der Waals surface area contributed by atoms with Crippen molar-refractivity contribution in [2.45, 2.75) is 0 Å². The summed E-state index contributed by atoms with van der Waals surface area (Å²) in [5, 5.41) is 0. The molecule has 1 radical (unpaired) electrons. The van der Waals surface area contributed by atoms with Gasteiger partial charge in [0.15, 0.2) is 0 Å². The monoisotopic (exact) mass is 168 g/mol. The van der Waals surface area contributed by atoms with Crippen molar-refractivity contribution < 1.29 is 0 Å². The van der Waals surface area contributed by atoms with Gasteiger partial charge in [-0.1, -0.05) is 6.07 Å². The third-order valence-corrected chi connectivity index (χ3v) is 2.28. The van der Waals surface area contributed by atoms with Gasteiger partial charge in [0.2, 0.25) is 6.20 Å². The molecule has 0 saturated carbocycles. The van der Waals surface area contributed by atoms with E-state index >= 15 is 0 Å². The van der Waals surface area contributed by atoms with Crippen molar-refractivity contribution in [3.05, 3.63) is 47.9 Å². The minimum Gasteiger partial charge on any atom is -0.316 e. The molecule has 2 heteroatoms. The number of nitrogens with zero attached hydrogens (tertiary/aromatic N) is 2. The highest BCUT2D eigenvalue weighted by Crippen LogP contribution is 2.17. The van der Waals surface area contributed by atoms with Crippen LogP contribution in [-0.2, 0) is 0 Å². The van der Waals surface area contributed by atoms with Gasteiger partial charge >= 0.3 is 0 Å². The molecule has 1 aliphatic heterocycles. The van der Waals surface area contributed by atoms with Gasteiger partial charge in [-0.2, -0.15) is 0 Å². The zero-order valence-corrected chi connectivity index (χ0v) is 7.01. The molecule has 0 saturated heterocycles. The minimum atomic E-state index is 1.19. The second-order valence-corrected chi connectivity index (χ2v) is 3.07. The van der Waals surface area contributed by atoms with Gasteiger partial charge in [0.05, 0.1) is 16.2 Å². The first-order valence-electron chi connectivity index (χ1n) is 4.25. The summed E-state index contributed by atoms with van der Waals surface area (Å²) in [5.74, 6) is 0. The molecule has 0 fully saturated rings. The van der Waals surface area contributed by atoms with E-state index < -0.39 is 0 Å². The summed E-state index contributed by atoms with van der Waals surface area (Å²) in [6, 6.07) is 8.32. The maximum absolute atomic E-state index is 4.09. The molecule has 0 amide bonds. The highest BCUT2D eigenvalue weighted by molar-refractivity contribution is 5.89. The SMILES string of the molecule is C1=Cc2c(cc3ccccn23)C=[N+]1. The number of hydrogen-bond donors (Lipinski definition) is 0. The number of hydrogen-bond acceptors (Lipinski definition) is 1. The van der Waals surface area contributed by atoms with Crippen molar-refractivity contribution in [2.24, 2.45) is 0 Å². The molecule has 2 aromatic rings. The number of aromatic nitrogens is 1. The van der Waals surface area contributed by atoms with Crippen LogP contribution in [0.15, 0.2) is 36.7 Å². The van der Waals surface area contributed by atoms with Crippen molar-refractivity contribution in [3.8, 4) is 0 Å². The fourth-order valence-corrected chi connectivity index (χ4v) is 1.68. The summed E-state index contributed by atoms with van der Waals surface area (Å²) in [5.41, 5.74) is 3.62. The van der Waals surface area contributed by atoms with Crippen molar-refractivity contribution >= 4 is 17.8 Å². The lowest BCUT2D eigenvalue weighted by Gasteiger charge is -1.96. The molecular weight excluding hydrogens is 160 g/mol. The second-order valence-electron chi connectivity index (χ2n) is 3.07. The first-order chi connectivity index (χ1) is 6.45. The molecule has 0 spiro atoms. The average molecular weight is 168 g/mol. The first-order valence-corrected chi connectivity index (χ1v) is 4.25. The summed E-state index contributed by atoms with van der Waals surface area (Å²) >= 11 is 0. The molecule has 0 unspecified atom stereocenters. The fourth-order valence-electron chi connectivity index (χ4n) is 1.68. The predicted molar refractivity (Wildman–Crippen MR) is 53.7 cm³/mol. The molecule has 13 heavy (non-hydrogen) atoms. The maximum atomic E-state index is 4.09. The van der Waals surface area contributed by atoms with Crippen LogP contribution >= 0.6 is 0 Å². The van der Waals surface area contributed by atoms with E-state index in [-0.39, 0.29) is 0 Å². The Hall–Kier alpha value is -1.83. The quantitative estimate of drug-likeness (QED) is 0.570. The smallest absolute Gasteiger partial charge is 0.251 e. The van der Waals surface area contributed by atoms with Gasteiger partial charge in [0.1, 0.15) is 0 Å². The molecule has 2 nitrogen and oxygen atoms in total. The molecule has 3 heterocycles. The molecule has 0 aromatic carbocycles. The number of fused-ring (bicyclic) bond motifs is 3. The maximum Gasteiger partial charge on any atom is 0.251 e. The summed E-state index contributed by atoms with van der Waals surface area (Å²) in [4.78, 5) is 4.09. The van der Waals surface area contributed by atoms with Crippen LogP contribution in [0.2, 0.25) is 0 Å². The van der Waals surface area contributed by atoms with E-state index in [2.05, 4.69) is 27.7 Å². The molecule has 1 aliphatic rings. The van der Waals surface area contributed by atoms with E-state index in [1.807, 2.05) is 30.6 Å². The molecule has 61 valence electrons. The van der Waals surface area contributed by atoms with Crippen LogP contribution in [0.25, 0.3) is 11.6 Å². The van der Waals surface area contributed by atoms with E-state index in [1.165, 1.54) is 16.8 Å². The van der Waals surface area contributed by atoms with E-state index in [9.17, 15) is 0 Å². The third-order valence-electron chi connectivity index (χ3n) is 2.28. The lowest BCUT2D eigenvalue weighted by atomic mass is 10.2. The average Bonchev–Trinajstić information content (AvgIpc) is 2.56. The largest absolute Gasteiger partial charge is 0.316 e. The van der Waals surface area contributed by atoms with Crippen LogP contribution in [-0.4, -0.2) is 10.6 Å². The zero-order valence-electron chi connectivity index (χ0n) is 7.01. The Bertz CT molecular complexity index is 518. The lowest BCUT2D eigenvalue weighted by Crippen LogP contribution is -1.95. The van der Waals surface area contributed by atoms with Crippen LogP contribution in [0, 0.1) is 0 Å². The molecule has 0 N–H and O–H groups in total. The van der Waals surface area contributed by atoms with Gasteiger partial charge < -0.3 is 4.40 Å². The molecule has 0 bridgehead atoms. The van der Waals surface area contributed by atoms with Crippen molar-refractivity contribution in [3.63, 3.8) is 0 Å². The molecule has 0 atom stereocenters. The summed E-state index contributed by atoms with van der Waals surface area (Å²) in [6.45, 7) is 0. The van der Waals surface area contributed by atoms with Gasteiger partial charge in [-0.3, -0.25) is 0 Å². The van der Waals surface area contributed by atoms with Crippen LogP contribution < -0.4 is 4.99 Å². The van der Waals surface area contributed by atoms with E-state index in [0.29, 0.717) is 0 Å². The normalized spacial score (nSPS) is 13.5. The van der Waals surface area contributed by atoms with Crippen LogP contribution in [0.3, 0.4) is 0 Å². The summed E-state index contributed by atoms with van der Waals surface area (Å²) in [7, 11) is 0. The minimum absolute atomic E-state index is 1.19. The highest BCUT2D eigenvalue weighted by atomic mass is 14.9.